The first-order chi connectivity index (χ1) is 31.0. The molecule has 0 aromatic carbocycles. The van der Waals surface area contributed by atoms with Gasteiger partial charge in [0.05, 0.1) is 0 Å². The van der Waals surface area contributed by atoms with Crippen LogP contribution in [0.1, 0.15) is 265 Å². The highest BCUT2D eigenvalue weighted by molar-refractivity contribution is 5.71. The number of allylic oxidation sites excluding steroid dienone is 10. The maximum Gasteiger partial charge on any atom is 0.306 e. The molecule has 0 spiro atoms. The molecular weight excluding hydrogens is 781 g/mol. The molecule has 0 saturated heterocycles. The van der Waals surface area contributed by atoms with Crippen LogP contribution in [0, 0.1) is 0 Å². The molecule has 6 heteroatoms. The quantitative estimate of drug-likeness (QED) is 0.0262. The van der Waals surface area contributed by atoms with E-state index in [1.807, 2.05) is 0 Å². The number of esters is 3. The Hall–Kier alpha value is -2.89. The summed E-state index contributed by atoms with van der Waals surface area (Å²) >= 11 is 0. The summed E-state index contributed by atoms with van der Waals surface area (Å²) in [7, 11) is 0. The first-order valence-corrected chi connectivity index (χ1v) is 26.8. The molecule has 0 heterocycles. The standard InChI is InChI=1S/C57H100O6/c1-4-7-10-13-16-19-22-24-26-28-30-32-35-38-41-44-47-50-56(59)62-53-54(52-61-55(58)49-46-43-40-37-34-21-18-15-12-9-6-3)63-57(60)51-48-45-42-39-36-33-31-29-27-25-23-20-17-14-11-8-5-2/h15-16,18-19,24,26,30,32,38,41,54H,4-14,17,20-23,25,27-29,31,33-37,39-40,42-53H2,1-3H3/b18-15-,19-16-,26-24-,32-30-,41-38-/t54-/m0/s1. The molecule has 63 heavy (non-hydrogen) atoms. The van der Waals surface area contributed by atoms with Crippen LogP contribution in [0.15, 0.2) is 60.8 Å². The molecule has 0 aromatic rings. The monoisotopic (exact) mass is 881 g/mol. The lowest BCUT2D eigenvalue weighted by Crippen LogP contribution is -2.30. The predicted molar refractivity (Wildman–Crippen MR) is 270 cm³/mol. The van der Waals surface area contributed by atoms with Crippen molar-refractivity contribution in [3.8, 4) is 0 Å². The van der Waals surface area contributed by atoms with Gasteiger partial charge in [0, 0.05) is 19.3 Å². The molecule has 0 saturated carbocycles. The lowest BCUT2D eigenvalue weighted by atomic mass is 10.0. The van der Waals surface area contributed by atoms with Crippen LogP contribution >= 0.6 is 0 Å². The van der Waals surface area contributed by atoms with Crippen LogP contribution in [-0.4, -0.2) is 37.2 Å². The van der Waals surface area contributed by atoms with Crippen molar-refractivity contribution in [2.45, 2.75) is 271 Å². The average Bonchev–Trinajstić information content (AvgIpc) is 3.28. The summed E-state index contributed by atoms with van der Waals surface area (Å²) in [6, 6.07) is 0. The van der Waals surface area contributed by atoms with Crippen LogP contribution in [0.4, 0.5) is 0 Å². The largest absolute Gasteiger partial charge is 0.462 e. The fraction of sp³-hybridized carbons (Fsp3) is 0.772. The third-order valence-electron chi connectivity index (χ3n) is 11.5. The van der Waals surface area contributed by atoms with Crippen molar-refractivity contribution in [3.63, 3.8) is 0 Å². The lowest BCUT2D eigenvalue weighted by Gasteiger charge is -2.18. The van der Waals surface area contributed by atoms with Gasteiger partial charge in [0.25, 0.3) is 0 Å². The van der Waals surface area contributed by atoms with Gasteiger partial charge in [0.15, 0.2) is 6.10 Å². The first kappa shape index (κ1) is 60.1. The van der Waals surface area contributed by atoms with Crippen molar-refractivity contribution in [1.29, 1.82) is 0 Å². The van der Waals surface area contributed by atoms with Crippen LogP contribution < -0.4 is 0 Å². The highest BCUT2D eigenvalue weighted by atomic mass is 16.6. The number of hydrogen-bond donors (Lipinski definition) is 0. The minimum atomic E-state index is -0.796. The topological polar surface area (TPSA) is 78.9 Å². The molecule has 0 bridgehead atoms. The Morgan fingerprint density at radius 2 is 0.603 bits per heavy atom. The van der Waals surface area contributed by atoms with Crippen molar-refractivity contribution >= 4 is 17.9 Å². The summed E-state index contributed by atoms with van der Waals surface area (Å²) in [4.78, 5) is 38.0. The van der Waals surface area contributed by atoms with Gasteiger partial charge in [-0.1, -0.05) is 229 Å². The van der Waals surface area contributed by atoms with E-state index in [9.17, 15) is 14.4 Å². The van der Waals surface area contributed by atoms with Crippen molar-refractivity contribution in [2.75, 3.05) is 13.2 Å². The SMILES string of the molecule is CCCC/C=C\CCCCCCCC(=O)OC[C@@H](COC(=O)CCC/C=C\C/C=C\C/C=C\C/C=C\CCCCC)OC(=O)CCCCCCCCCCCCCCCCCCC. The molecule has 1 atom stereocenters. The lowest BCUT2D eigenvalue weighted by molar-refractivity contribution is -0.167. The molecule has 0 amide bonds. The minimum Gasteiger partial charge on any atom is -0.462 e. The highest BCUT2D eigenvalue weighted by Crippen LogP contribution is 2.15. The van der Waals surface area contributed by atoms with Crippen LogP contribution in [0.25, 0.3) is 0 Å². The van der Waals surface area contributed by atoms with E-state index in [0.29, 0.717) is 19.3 Å². The van der Waals surface area contributed by atoms with Gasteiger partial charge in [0.1, 0.15) is 13.2 Å². The van der Waals surface area contributed by atoms with Gasteiger partial charge in [-0.2, -0.15) is 0 Å². The van der Waals surface area contributed by atoms with Gasteiger partial charge in [-0.3, -0.25) is 14.4 Å². The Morgan fingerprint density at radius 1 is 0.317 bits per heavy atom. The Morgan fingerprint density at radius 3 is 1.05 bits per heavy atom. The zero-order chi connectivity index (χ0) is 45.8. The van der Waals surface area contributed by atoms with E-state index in [1.165, 1.54) is 148 Å². The predicted octanol–water partition coefficient (Wildman–Crippen LogP) is 17.6. The van der Waals surface area contributed by atoms with Gasteiger partial charge >= 0.3 is 17.9 Å². The van der Waals surface area contributed by atoms with E-state index in [2.05, 4.69) is 81.5 Å². The highest BCUT2D eigenvalue weighted by Gasteiger charge is 2.19. The molecule has 364 valence electrons. The van der Waals surface area contributed by atoms with Gasteiger partial charge in [-0.15, -0.1) is 0 Å². The van der Waals surface area contributed by atoms with Crippen molar-refractivity contribution < 1.29 is 28.6 Å². The maximum absolute atomic E-state index is 12.8. The zero-order valence-electron chi connectivity index (χ0n) is 41.6. The second-order valence-corrected chi connectivity index (χ2v) is 17.8. The summed E-state index contributed by atoms with van der Waals surface area (Å²) in [5.74, 6) is -0.954. The van der Waals surface area contributed by atoms with Gasteiger partial charge in [-0.05, 0) is 77.0 Å². The number of carbonyl (C=O) groups excluding carboxylic acids is 3. The van der Waals surface area contributed by atoms with Crippen LogP contribution in [0.2, 0.25) is 0 Å². The van der Waals surface area contributed by atoms with Crippen LogP contribution in [-0.2, 0) is 28.6 Å². The first-order valence-electron chi connectivity index (χ1n) is 26.8. The fourth-order valence-corrected chi connectivity index (χ4v) is 7.42. The Kier molecular flexibility index (Phi) is 49.4. The Balaban J connectivity index is 4.42. The molecule has 0 rings (SSSR count). The molecule has 0 N–H and O–H groups in total. The van der Waals surface area contributed by atoms with Gasteiger partial charge < -0.3 is 14.2 Å². The number of ether oxygens (including phenoxy) is 3. The zero-order valence-corrected chi connectivity index (χ0v) is 41.6. The molecule has 0 aliphatic carbocycles. The maximum atomic E-state index is 12.8. The summed E-state index contributed by atoms with van der Waals surface area (Å²) < 4.78 is 16.8. The van der Waals surface area contributed by atoms with E-state index >= 15 is 0 Å². The molecule has 0 fully saturated rings. The van der Waals surface area contributed by atoms with E-state index < -0.39 is 6.10 Å². The number of carbonyl (C=O) groups is 3. The second kappa shape index (κ2) is 51.7. The smallest absolute Gasteiger partial charge is 0.306 e. The van der Waals surface area contributed by atoms with E-state index in [4.69, 9.17) is 14.2 Å². The van der Waals surface area contributed by atoms with E-state index in [0.717, 1.165) is 70.6 Å². The van der Waals surface area contributed by atoms with Crippen molar-refractivity contribution in [1.82, 2.24) is 0 Å². The molecule has 6 nitrogen and oxygen atoms in total. The molecular formula is C57H100O6. The summed E-state index contributed by atoms with van der Waals surface area (Å²) in [5, 5.41) is 0. The van der Waals surface area contributed by atoms with E-state index in [1.54, 1.807) is 0 Å². The summed E-state index contributed by atoms with van der Waals surface area (Å²) in [6.07, 6.45) is 63.5. The fourth-order valence-electron chi connectivity index (χ4n) is 7.42. The molecule has 0 aromatic heterocycles. The van der Waals surface area contributed by atoms with Crippen molar-refractivity contribution in [2.24, 2.45) is 0 Å². The number of hydrogen-bond acceptors (Lipinski definition) is 6. The van der Waals surface area contributed by atoms with Crippen molar-refractivity contribution in [3.05, 3.63) is 60.8 Å². The van der Waals surface area contributed by atoms with Gasteiger partial charge in [0.2, 0.25) is 0 Å². The molecule has 0 aliphatic rings. The minimum absolute atomic E-state index is 0.0938. The normalized spacial score (nSPS) is 12.5. The summed E-state index contributed by atoms with van der Waals surface area (Å²) in [5.41, 5.74) is 0. The third kappa shape index (κ3) is 50.0. The molecule has 0 unspecified atom stereocenters. The summed E-state index contributed by atoms with van der Waals surface area (Å²) in [6.45, 7) is 6.53. The average molecular weight is 881 g/mol. The Labute approximate surface area is 390 Å². The molecule has 0 aliphatic heterocycles. The van der Waals surface area contributed by atoms with Crippen LogP contribution in [0.3, 0.4) is 0 Å². The second-order valence-electron chi connectivity index (χ2n) is 17.8. The van der Waals surface area contributed by atoms with Crippen LogP contribution in [0.5, 0.6) is 0 Å². The molecule has 0 radical (unpaired) electrons. The number of rotatable bonds is 48. The third-order valence-corrected chi connectivity index (χ3v) is 11.5. The van der Waals surface area contributed by atoms with E-state index in [-0.39, 0.29) is 37.5 Å². The van der Waals surface area contributed by atoms with Gasteiger partial charge in [-0.25, -0.2) is 0 Å². The number of unbranched alkanes of at least 4 members (excludes halogenated alkanes) is 27. The Bertz CT molecular complexity index is 1150.